The Morgan fingerprint density at radius 3 is 2.93 bits per heavy atom. The maximum atomic E-state index is 5.76. The van der Waals surface area contributed by atoms with Crippen molar-refractivity contribution in [1.29, 1.82) is 0 Å². The van der Waals surface area contributed by atoms with Gasteiger partial charge >= 0.3 is 0 Å². The molecule has 2 unspecified atom stereocenters. The largest absolute Gasteiger partial charge is 0.469 e. The van der Waals surface area contributed by atoms with E-state index in [4.69, 9.17) is 14.1 Å². The molecule has 1 N–H and O–H groups in total. The fraction of sp³-hybridized carbons (Fsp3) is 0.762. The van der Waals surface area contributed by atoms with Crippen molar-refractivity contribution in [3.05, 3.63) is 24.2 Å². The number of likely N-dealkylation sites (tertiary alicyclic amines) is 1. The van der Waals surface area contributed by atoms with Crippen LogP contribution in [-0.4, -0.2) is 74.3 Å². The van der Waals surface area contributed by atoms with Gasteiger partial charge in [-0.05, 0) is 50.4 Å². The molecule has 1 aromatic rings. The number of guanidine groups is 1. The summed E-state index contributed by atoms with van der Waals surface area (Å²) in [5, 5.41) is 3.57. The molecular formula is C21H36N4O2. The Morgan fingerprint density at radius 1 is 1.33 bits per heavy atom. The molecule has 0 saturated carbocycles. The Labute approximate surface area is 163 Å². The van der Waals surface area contributed by atoms with Crippen molar-refractivity contribution in [3.63, 3.8) is 0 Å². The average molecular weight is 377 g/mol. The third-order valence-electron chi connectivity index (χ3n) is 5.70. The summed E-state index contributed by atoms with van der Waals surface area (Å²) in [6.45, 7) is 12.6. The Hall–Kier alpha value is -1.53. The molecule has 0 aromatic carbocycles. The highest BCUT2D eigenvalue weighted by Crippen LogP contribution is 2.18. The topological polar surface area (TPSA) is 53.2 Å². The van der Waals surface area contributed by atoms with Gasteiger partial charge in [0.2, 0.25) is 0 Å². The van der Waals surface area contributed by atoms with Crippen molar-refractivity contribution in [2.75, 3.05) is 52.4 Å². The summed E-state index contributed by atoms with van der Waals surface area (Å²) < 4.78 is 11.2. The minimum absolute atomic E-state index is 0.293. The van der Waals surface area contributed by atoms with Gasteiger partial charge in [-0.15, -0.1) is 0 Å². The zero-order chi connectivity index (χ0) is 18.9. The lowest BCUT2D eigenvalue weighted by Crippen LogP contribution is -2.42. The van der Waals surface area contributed by atoms with Gasteiger partial charge in [0.15, 0.2) is 5.96 Å². The maximum absolute atomic E-state index is 5.76. The normalized spacial score (nSPS) is 23.5. The molecule has 2 aliphatic rings. The predicted molar refractivity (Wildman–Crippen MR) is 109 cm³/mol. The molecule has 2 atom stereocenters. The van der Waals surface area contributed by atoms with Gasteiger partial charge in [-0.25, -0.2) is 0 Å². The van der Waals surface area contributed by atoms with Crippen LogP contribution in [0.5, 0.6) is 0 Å². The highest BCUT2D eigenvalue weighted by molar-refractivity contribution is 5.80. The highest BCUT2D eigenvalue weighted by Gasteiger charge is 2.26. The van der Waals surface area contributed by atoms with Crippen molar-refractivity contribution in [1.82, 2.24) is 15.1 Å². The quantitative estimate of drug-likeness (QED) is 0.530. The van der Waals surface area contributed by atoms with E-state index in [1.165, 1.54) is 13.0 Å². The smallest absolute Gasteiger partial charge is 0.194 e. The molecule has 2 fully saturated rings. The summed E-state index contributed by atoms with van der Waals surface area (Å²) in [7, 11) is 0. The minimum Gasteiger partial charge on any atom is -0.469 e. The number of hydrogen-bond donors (Lipinski definition) is 1. The zero-order valence-corrected chi connectivity index (χ0v) is 17.0. The van der Waals surface area contributed by atoms with Crippen LogP contribution in [0.3, 0.4) is 0 Å². The van der Waals surface area contributed by atoms with Crippen molar-refractivity contribution in [2.45, 2.75) is 45.6 Å². The van der Waals surface area contributed by atoms with Crippen LogP contribution in [0.15, 0.2) is 27.8 Å². The number of ether oxygens (including phenoxy) is 1. The van der Waals surface area contributed by atoms with Gasteiger partial charge in [0.1, 0.15) is 5.76 Å². The lowest BCUT2D eigenvalue weighted by atomic mass is 10.1. The van der Waals surface area contributed by atoms with Gasteiger partial charge in [0.25, 0.3) is 0 Å². The molecule has 2 saturated heterocycles. The number of nitrogens with zero attached hydrogens (tertiary/aromatic N) is 3. The standard InChI is InChI=1S/C21H36N4O2/c1-3-24(4-2)16-18-10-12-25(17-18)21(23-15-20-8-6-14-27-20)22-11-9-19-7-5-13-26-19/h5,7,13,18,20H,3-4,6,8-12,14-17H2,1-2H3,(H,22,23). The van der Waals surface area contributed by atoms with Crippen LogP contribution in [0.25, 0.3) is 0 Å². The van der Waals surface area contributed by atoms with Crippen LogP contribution in [0.2, 0.25) is 0 Å². The molecule has 0 bridgehead atoms. The molecule has 27 heavy (non-hydrogen) atoms. The summed E-state index contributed by atoms with van der Waals surface area (Å²) in [5.74, 6) is 2.78. The number of furan rings is 1. The first-order valence-corrected chi connectivity index (χ1v) is 10.7. The van der Waals surface area contributed by atoms with Crippen molar-refractivity contribution in [2.24, 2.45) is 10.9 Å². The predicted octanol–water partition coefficient (Wildman–Crippen LogP) is 2.61. The first kappa shape index (κ1) is 20.2. The van der Waals surface area contributed by atoms with Gasteiger partial charge in [-0.1, -0.05) is 13.8 Å². The Balaban J connectivity index is 1.54. The van der Waals surface area contributed by atoms with Gasteiger partial charge in [0.05, 0.1) is 18.9 Å². The van der Waals surface area contributed by atoms with E-state index in [1.54, 1.807) is 6.26 Å². The molecule has 1 aromatic heterocycles. The fourth-order valence-electron chi connectivity index (χ4n) is 4.02. The second kappa shape index (κ2) is 10.7. The summed E-state index contributed by atoms with van der Waals surface area (Å²) in [4.78, 5) is 9.89. The van der Waals surface area contributed by atoms with Crippen LogP contribution < -0.4 is 5.32 Å². The minimum atomic E-state index is 0.293. The third kappa shape index (κ3) is 6.25. The molecule has 0 spiro atoms. The summed E-state index contributed by atoms with van der Waals surface area (Å²) in [5.41, 5.74) is 0. The monoisotopic (exact) mass is 376 g/mol. The second-order valence-corrected chi connectivity index (χ2v) is 7.64. The summed E-state index contributed by atoms with van der Waals surface area (Å²) in [6, 6.07) is 3.97. The van der Waals surface area contributed by atoms with Crippen LogP contribution in [-0.2, 0) is 11.2 Å². The Morgan fingerprint density at radius 2 is 2.22 bits per heavy atom. The Kier molecular flexibility index (Phi) is 8.02. The number of nitrogens with one attached hydrogen (secondary N) is 1. The molecule has 0 amide bonds. The van der Waals surface area contributed by atoms with Crippen LogP contribution >= 0.6 is 0 Å². The van der Waals surface area contributed by atoms with Crippen LogP contribution in [0.1, 0.15) is 38.9 Å². The molecule has 3 heterocycles. The van der Waals surface area contributed by atoms with E-state index >= 15 is 0 Å². The average Bonchev–Trinajstić information content (AvgIpc) is 3.45. The number of aliphatic imine (C=N–C) groups is 1. The first-order valence-electron chi connectivity index (χ1n) is 10.7. The van der Waals surface area contributed by atoms with Crippen molar-refractivity contribution in [3.8, 4) is 0 Å². The van der Waals surface area contributed by atoms with Gasteiger partial charge in [-0.3, -0.25) is 4.99 Å². The first-order chi connectivity index (χ1) is 13.3. The van der Waals surface area contributed by atoms with Crippen molar-refractivity contribution < 1.29 is 9.15 Å². The van der Waals surface area contributed by atoms with E-state index in [0.29, 0.717) is 6.10 Å². The van der Waals surface area contributed by atoms with E-state index in [1.807, 2.05) is 12.1 Å². The molecule has 0 aliphatic carbocycles. The van der Waals surface area contributed by atoms with Crippen LogP contribution in [0, 0.1) is 5.92 Å². The summed E-state index contributed by atoms with van der Waals surface area (Å²) >= 11 is 0. The van der Waals surface area contributed by atoms with Crippen molar-refractivity contribution >= 4 is 5.96 Å². The molecule has 3 rings (SSSR count). The van der Waals surface area contributed by atoms with Crippen LogP contribution in [0.4, 0.5) is 0 Å². The fourth-order valence-corrected chi connectivity index (χ4v) is 4.02. The molecule has 6 nitrogen and oxygen atoms in total. The van der Waals surface area contributed by atoms with E-state index in [-0.39, 0.29) is 0 Å². The number of hydrogen-bond acceptors (Lipinski definition) is 4. The van der Waals surface area contributed by atoms with Gasteiger partial charge in [-0.2, -0.15) is 0 Å². The summed E-state index contributed by atoms with van der Waals surface area (Å²) in [6.07, 6.45) is 6.45. The molecule has 152 valence electrons. The van der Waals surface area contributed by atoms with Gasteiger partial charge in [0, 0.05) is 39.2 Å². The zero-order valence-electron chi connectivity index (χ0n) is 17.0. The van der Waals surface area contributed by atoms with E-state index in [2.05, 4.69) is 29.0 Å². The lowest BCUT2D eigenvalue weighted by Gasteiger charge is -2.25. The van der Waals surface area contributed by atoms with E-state index in [0.717, 1.165) is 82.8 Å². The maximum Gasteiger partial charge on any atom is 0.194 e. The van der Waals surface area contributed by atoms with E-state index < -0.39 is 0 Å². The van der Waals surface area contributed by atoms with E-state index in [9.17, 15) is 0 Å². The lowest BCUT2D eigenvalue weighted by molar-refractivity contribution is 0.117. The van der Waals surface area contributed by atoms with Gasteiger partial charge < -0.3 is 24.3 Å². The molecule has 0 radical (unpaired) electrons. The SMILES string of the molecule is CCN(CC)CC1CCN(C(=NCC2CCCO2)NCCc2ccco2)C1. The molecule has 6 heteroatoms. The highest BCUT2D eigenvalue weighted by atomic mass is 16.5. The molecule has 2 aliphatic heterocycles. The Bertz CT molecular complexity index is 551. The molecular weight excluding hydrogens is 340 g/mol. The third-order valence-corrected chi connectivity index (χ3v) is 5.70. The second-order valence-electron chi connectivity index (χ2n) is 7.64. The number of rotatable bonds is 9.